The first-order valence-corrected chi connectivity index (χ1v) is 10.2. The molecule has 1 fully saturated rings. The zero-order chi connectivity index (χ0) is 20.8. The number of rotatable bonds is 6. The van der Waals surface area contributed by atoms with Gasteiger partial charge in [-0.05, 0) is 49.9 Å². The molecule has 0 bridgehead atoms. The topological polar surface area (TPSA) is 97.7 Å². The summed E-state index contributed by atoms with van der Waals surface area (Å²) >= 11 is 0. The number of nitrogens with one attached hydrogen (secondary N) is 2. The second-order valence-electron chi connectivity index (χ2n) is 8.02. The molecule has 0 saturated heterocycles. The minimum Gasteiger partial charge on any atom is -0.468 e. The molecule has 1 aliphatic carbocycles. The lowest BCUT2D eigenvalue weighted by Gasteiger charge is -2.14. The van der Waals surface area contributed by atoms with Gasteiger partial charge >= 0.3 is 0 Å². The summed E-state index contributed by atoms with van der Waals surface area (Å²) in [6.45, 7) is 3.86. The predicted octanol–water partition coefficient (Wildman–Crippen LogP) is 3.29. The highest BCUT2D eigenvalue weighted by Crippen LogP contribution is 2.43. The summed E-state index contributed by atoms with van der Waals surface area (Å²) in [5.41, 5.74) is 4.77. The fourth-order valence-electron chi connectivity index (χ4n) is 3.85. The molecule has 5 rings (SSSR count). The maximum absolute atomic E-state index is 12.4. The fraction of sp³-hybridized carbons (Fsp3) is 0.364. The molecule has 4 aromatic heterocycles. The van der Waals surface area contributed by atoms with Crippen LogP contribution in [0.15, 0.2) is 30.6 Å². The quantitative estimate of drug-likeness (QED) is 0.514. The molecule has 30 heavy (non-hydrogen) atoms. The molecule has 4 heterocycles. The third kappa shape index (κ3) is 3.38. The Morgan fingerprint density at radius 2 is 2.23 bits per heavy atom. The highest BCUT2D eigenvalue weighted by Gasteiger charge is 2.30. The number of carbonyl (C=O) groups is 1. The van der Waals surface area contributed by atoms with Gasteiger partial charge < -0.3 is 15.0 Å². The highest BCUT2D eigenvalue weighted by molar-refractivity contribution is 5.84. The molecule has 0 aromatic carbocycles. The lowest BCUT2D eigenvalue weighted by Crippen LogP contribution is -2.31. The van der Waals surface area contributed by atoms with Gasteiger partial charge in [0, 0.05) is 42.2 Å². The van der Waals surface area contributed by atoms with Crippen molar-refractivity contribution in [3.63, 3.8) is 0 Å². The second-order valence-corrected chi connectivity index (χ2v) is 8.02. The second kappa shape index (κ2) is 7.12. The maximum atomic E-state index is 12.4. The van der Waals surface area contributed by atoms with Crippen molar-refractivity contribution in [3.05, 3.63) is 47.4 Å². The molecule has 8 heteroatoms. The molecule has 4 aromatic rings. The Morgan fingerprint density at radius 3 is 3.03 bits per heavy atom. The van der Waals surface area contributed by atoms with Crippen LogP contribution in [-0.4, -0.2) is 37.2 Å². The summed E-state index contributed by atoms with van der Waals surface area (Å²) in [7, 11) is 1.90. The molecule has 0 aliphatic heterocycles. The Kier molecular flexibility index (Phi) is 4.42. The first-order chi connectivity index (χ1) is 14.5. The van der Waals surface area contributed by atoms with E-state index < -0.39 is 0 Å². The van der Waals surface area contributed by atoms with Gasteiger partial charge in [0.25, 0.3) is 5.91 Å². The van der Waals surface area contributed by atoms with Crippen molar-refractivity contribution in [3.8, 4) is 5.88 Å². The van der Waals surface area contributed by atoms with Crippen LogP contribution < -0.4 is 10.1 Å². The van der Waals surface area contributed by atoms with Crippen molar-refractivity contribution >= 4 is 28.0 Å². The van der Waals surface area contributed by atoms with E-state index in [1.807, 2.05) is 45.3 Å². The Hall–Kier alpha value is -3.42. The zero-order valence-electron chi connectivity index (χ0n) is 17.3. The van der Waals surface area contributed by atoms with Crippen molar-refractivity contribution in [1.29, 1.82) is 0 Å². The molecule has 2 N–H and O–H groups in total. The van der Waals surface area contributed by atoms with Crippen LogP contribution in [0, 0.1) is 6.92 Å². The molecule has 8 nitrogen and oxygen atoms in total. The van der Waals surface area contributed by atoms with Crippen LogP contribution in [0.3, 0.4) is 0 Å². The van der Waals surface area contributed by atoms with Gasteiger partial charge in [0.1, 0.15) is 5.65 Å². The summed E-state index contributed by atoms with van der Waals surface area (Å²) in [6.07, 6.45) is 5.99. The van der Waals surface area contributed by atoms with Crippen LogP contribution in [0.2, 0.25) is 0 Å². The van der Waals surface area contributed by atoms with Crippen molar-refractivity contribution in [2.24, 2.45) is 7.05 Å². The molecule has 1 saturated carbocycles. The van der Waals surface area contributed by atoms with Gasteiger partial charge in [-0.2, -0.15) is 10.1 Å². The van der Waals surface area contributed by atoms with Gasteiger partial charge in [0.2, 0.25) is 5.88 Å². The number of amides is 1. The minimum absolute atomic E-state index is 0.102. The fourth-order valence-corrected chi connectivity index (χ4v) is 3.85. The Bertz CT molecular complexity index is 1250. The van der Waals surface area contributed by atoms with Gasteiger partial charge in [-0.1, -0.05) is 0 Å². The molecule has 154 valence electrons. The zero-order valence-corrected chi connectivity index (χ0v) is 17.3. The summed E-state index contributed by atoms with van der Waals surface area (Å²) in [4.78, 5) is 24.4. The van der Waals surface area contributed by atoms with Crippen LogP contribution in [0.4, 0.5) is 0 Å². The number of aryl methyl sites for hydroxylation is 2. The number of hydrogen-bond acceptors (Lipinski definition) is 5. The normalized spacial score (nSPS) is 14.9. The first-order valence-electron chi connectivity index (χ1n) is 10.2. The van der Waals surface area contributed by atoms with Crippen LogP contribution in [0.5, 0.6) is 5.88 Å². The number of H-pyrrole nitrogens is 1. The summed E-state index contributed by atoms with van der Waals surface area (Å²) in [6, 6.07) is 5.68. The average molecular weight is 404 g/mol. The monoisotopic (exact) mass is 404 g/mol. The van der Waals surface area contributed by atoms with Crippen LogP contribution in [0.25, 0.3) is 22.1 Å². The van der Waals surface area contributed by atoms with Crippen LogP contribution in [0.1, 0.15) is 48.5 Å². The summed E-state index contributed by atoms with van der Waals surface area (Å²) in [5.74, 6) is 0.775. The van der Waals surface area contributed by atoms with Crippen LogP contribution >= 0.6 is 0 Å². The Balaban J connectivity index is 1.26. The first kappa shape index (κ1) is 18.6. The van der Waals surface area contributed by atoms with Gasteiger partial charge in [-0.25, -0.2) is 4.98 Å². The van der Waals surface area contributed by atoms with Crippen molar-refractivity contribution in [1.82, 2.24) is 30.0 Å². The number of carbonyl (C=O) groups excluding carboxylic acids is 1. The maximum Gasteiger partial charge on any atom is 0.258 e. The van der Waals surface area contributed by atoms with Gasteiger partial charge in [0.05, 0.1) is 11.7 Å². The third-order valence-corrected chi connectivity index (χ3v) is 5.61. The summed E-state index contributed by atoms with van der Waals surface area (Å²) in [5, 5.41) is 9.73. The third-order valence-electron chi connectivity index (χ3n) is 5.61. The molecule has 1 amide bonds. The Labute approximate surface area is 173 Å². The van der Waals surface area contributed by atoms with E-state index in [2.05, 4.69) is 25.4 Å². The van der Waals surface area contributed by atoms with Crippen molar-refractivity contribution in [2.75, 3.05) is 6.61 Å². The van der Waals surface area contributed by atoms with E-state index in [1.165, 1.54) is 12.8 Å². The average Bonchev–Trinajstić information content (AvgIpc) is 3.36. The van der Waals surface area contributed by atoms with Crippen LogP contribution in [-0.2, 0) is 11.8 Å². The smallest absolute Gasteiger partial charge is 0.258 e. The van der Waals surface area contributed by atoms with Gasteiger partial charge in [-0.15, -0.1) is 0 Å². The Morgan fingerprint density at radius 1 is 1.40 bits per heavy atom. The number of nitrogens with zero attached hydrogens (tertiary/aromatic N) is 4. The summed E-state index contributed by atoms with van der Waals surface area (Å²) < 4.78 is 7.51. The number of fused-ring (bicyclic) bond motifs is 2. The standard InChI is InChI=1S/C22H24N6O2/c1-12-8-18(26-22-19(12)20(14-4-5-14)27-28(22)3)30-11-17(29)25-13(2)16-9-15-6-7-23-21(15)24-10-16/h6-10,13-14H,4-5,11H2,1-3H3,(H,23,24)(H,25,29). The SMILES string of the molecule is Cc1cc(OCC(=O)NC(C)c2cnc3[nH]ccc3c2)nc2c1c(C1CC1)nn2C. The van der Waals surface area contributed by atoms with E-state index in [9.17, 15) is 4.79 Å². The number of pyridine rings is 2. The van der Waals surface area contributed by atoms with Crippen molar-refractivity contribution < 1.29 is 9.53 Å². The van der Waals surface area contributed by atoms with E-state index in [-0.39, 0.29) is 18.6 Å². The molecule has 0 radical (unpaired) electrons. The molecule has 1 unspecified atom stereocenters. The van der Waals surface area contributed by atoms with Crippen molar-refractivity contribution in [2.45, 2.75) is 38.6 Å². The predicted molar refractivity (Wildman–Crippen MR) is 113 cm³/mol. The molecule has 1 aliphatic rings. The number of aromatic amines is 1. The molecular formula is C22H24N6O2. The van der Waals surface area contributed by atoms with E-state index >= 15 is 0 Å². The van der Waals surface area contributed by atoms with Gasteiger partial charge in [0.15, 0.2) is 12.3 Å². The molecule has 1 atom stereocenters. The number of aromatic nitrogens is 5. The van der Waals surface area contributed by atoms with E-state index in [1.54, 1.807) is 10.9 Å². The highest BCUT2D eigenvalue weighted by atomic mass is 16.5. The van der Waals surface area contributed by atoms with E-state index in [0.717, 1.165) is 38.9 Å². The van der Waals surface area contributed by atoms with Gasteiger partial charge in [-0.3, -0.25) is 9.48 Å². The van der Waals surface area contributed by atoms with E-state index in [0.29, 0.717) is 11.8 Å². The minimum atomic E-state index is -0.208. The largest absolute Gasteiger partial charge is 0.468 e. The molecule has 0 spiro atoms. The number of hydrogen-bond donors (Lipinski definition) is 2. The lowest BCUT2D eigenvalue weighted by atomic mass is 10.1. The number of ether oxygens (including phenoxy) is 1. The molecular weight excluding hydrogens is 380 g/mol. The lowest BCUT2D eigenvalue weighted by molar-refractivity contribution is -0.123. The van der Waals surface area contributed by atoms with E-state index in [4.69, 9.17) is 4.74 Å².